The maximum atomic E-state index is 12.2. The van der Waals surface area contributed by atoms with E-state index in [-0.39, 0.29) is 18.6 Å². The van der Waals surface area contributed by atoms with Crippen molar-refractivity contribution in [2.24, 2.45) is 0 Å². The van der Waals surface area contributed by atoms with Crippen LogP contribution in [0.1, 0.15) is 34.5 Å². The van der Waals surface area contributed by atoms with E-state index in [0.29, 0.717) is 16.1 Å². The fourth-order valence-corrected chi connectivity index (χ4v) is 2.76. The van der Waals surface area contributed by atoms with Gasteiger partial charge in [0.25, 0.3) is 5.91 Å². The average Bonchev–Trinajstić information content (AvgIpc) is 3.00. The first kappa shape index (κ1) is 15.6. The molecule has 1 aromatic heterocycles. The molecule has 2 N–H and O–H groups in total. The highest BCUT2D eigenvalue weighted by Crippen LogP contribution is 2.19. The molecule has 0 aliphatic carbocycles. The number of halogens is 1. The number of carbonyl (C=O) groups excluding carboxylic acids is 1. The third kappa shape index (κ3) is 4.08. The Morgan fingerprint density at radius 3 is 2.90 bits per heavy atom. The first-order valence-corrected chi connectivity index (χ1v) is 7.66. The largest absolute Gasteiger partial charge is 0.384 e. The second-order valence-corrected chi connectivity index (χ2v) is 5.59. The highest BCUT2D eigenvalue weighted by Gasteiger charge is 2.12. The minimum atomic E-state index is -0.225. The molecular formula is C16H14ClNO2S. The molecule has 0 spiro atoms. The lowest BCUT2D eigenvalue weighted by Gasteiger charge is -2.13. The Kier molecular flexibility index (Phi) is 5.40. The molecule has 0 bridgehead atoms. The van der Waals surface area contributed by atoms with E-state index in [2.05, 4.69) is 17.2 Å². The van der Waals surface area contributed by atoms with Gasteiger partial charge in [0, 0.05) is 11.1 Å². The molecular weight excluding hydrogens is 306 g/mol. The van der Waals surface area contributed by atoms with Gasteiger partial charge in [-0.15, -0.1) is 0 Å². The van der Waals surface area contributed by atoms with Crippen LogP contribution in [0, 0.1) is 11.8 Å². The second kappa shape index (κ2) is 7.28. The maximum absolute atomic E-state index is 12.2. The number of hydrogen-bond acceptors (Lipinski definition) is 3. The summed E-state index contributed by atoms with van der Waals surface area (Å²) in [4.78, 5) is 12.2. The van der Waals surface area contributed by atoms with Crippen LogP contribution in [-0.4, -0.2) is 17.6 Å². The molecule has 0 radical (unpaired) electrons. The highest BCUT2D eigenvalue weighted by molar-refractivity contribution is 7.07. The van der Waals surface area contributed by atoms with Gasteiger partial charge in [-0.25, -0.2) is 0 Å². The van der Waals surface area contributed by atoms with Crippen molar-refractivity contribution < 1.29 is 9.90 Å². The van der Waals surface area contributed by atoms with E-state index in [1.807, 2.05) is 23.8 Å². The summed E-state index contributed by atoms with van der Waals surface area (Å²) in [6.07, 6.45) is 0. The van der Waals surface area contributed by atoms with Gasteiger partial charge in [0.15, 0.2) is 0 Å². The molecule has 2 rings (SSSR count). The van der Waals surface area contributed by atoms with Gasteiger partial charge in [-0.05, 0) is 47.5 Å². The summed E-state index contributed by atoms with van der Waals surface area (Å²) in [5.74, 6) is 5.07. The van der Waals surface area contributed by atoms with Crippen LogP contribution in [0.25, 0.3) is 0 Å². The van der Waals surface area contributed by atoms with E-state index in [1.54, 1.807) is 29.5 Å². The smallest absolute Gasteiger partial charge is 0.251 e. The maximum Gasteiger partial charge on any atom is 0.251 e. The molecule has 0 fully saturated rings. The Labute approximate surface area is 132 Å². The van der Waals surface area contributed by atoms with Crippen LogP contribution in [0.15, 0.2) is 35.0 Å². The number of hydrogen-bond donors (Lipinski definition) is 2. The van der Waals surface area contributed by atoms with E-state index in [9.17, 15) is 4.79 Å². The predicted molar refractivity (Wildman–Crippen MR) is 85.6 cm³/mol. The first-order valence-electron chi connectivity index (χ1n) is 6.34. The van der Waals surface area contributed by atoms with Gasteiger partial charge in [0.05, 0.1) is 11.1 Å². The summed E-state index contributed by atoms with van der Waals surface area (Å²) < 4.78 is 0. The monoisotopic (exact) mass is 319 g/mol. The quantitative estimate of drug-likeness (QED) is 0.853. The van der Waals surface area contributed by atoms with Gasteiger partial charge in [-0.3, -0.25) is 4.79 Å². The summed E-state index contributed by atoms with van der Waals surface area (Å²) in [6.45, 7) is 1.71. The zero-order valence-corrected chi connectivity index (χ0v) is 13.0. The zero-order valence-electron chi connectivity index (χ0n) is 11.4. The van der Waals surface area contributed by atoms with Crippen molar-refractivity contribution in [2.45, 2.75) is 13.0 Å². The number of aliphatic hydroxyl groups excluding tert-OH is 1. The molecule has 0 aliphatic heterocycles. The Bertz CT molecular complexity index is 686. The topological polar surface area (TPSA) is 49.3 Å². The highest BCUT2D eigenvalue weighted by atomic mass is 35.5. The van der Waals surface area contributed by atoms with Crippen LogP contribution in [0.5, 0.6) is 0 Å². The van der Waals surface area contributed by atoms with E-state index in [4.69, 9.17) is 16.7 Å². The average molecular weight is 320 g/mol. The van der Waals surface area contributed by atoms with Crippen LogP contribution in [0.4, 0.5) is 0 Å². The van der Waals surface area contributed by atoms with Gasteiger partial charge in [-0.1, -0.05) is 23.4 Å². The summed E-state index contributed by atoms with van der Waals surface area (Å²) >= 11 is 7.68. The van der Waals surface area contributed by atoms with E-state index < -0.39 is 0 Å². The molecule has 5 heteroatoms. The normalized spacial score (nSPS) is 11.4. The van der Waals surface area contributed by atoms with Crippen molar-refractivity contribution in [1.82, 2.24) is 5.32 Å². The number of nitrogens with one attached hydrogen (secondary N) is 1. The SMILES string of the molecule is CC(NC(=O)c1ccc(C#CCO)c(Cl)c1)c1ccsc1. The van der Waals surface area contributed by atoms with Crippen molar-refractivity contribution in [2.75, 3.05) is 6.61 Å². The first-order chi connectivity index (χ1) is 10.1. The molecule has 1 heterocycles. The molecule has 21 heavy (non-hydrogen) atoms. The van der Waals surface area contributed by atoms with Gasteiger partial charge in [-0.2, -0.15) is 11.3 Å². The Morgan fingerprint density at radius 1 is 1.48 bits per heavy atom. The summed E-state index contributed by atoms with van der Waals surface area (Å²) in [6, 6.07) is 6.85. The van der Waals surface area contributed by atoms with Crippen LogP contribution >= 0.6 is 22.9 Å². The van der Waals surface area contributed by atoms with E-state index in [0.717, 1.165) is 5.56 Å². The van der Waals surface area contributed by atoms with Crippen LogP contribution in [0.2, 0.25) is 5.02 Å². The minimum Gasteiger partial charge on any atom is -0.384 e. The Balaban J connectivity index is 2.11. The molecule has 2 aromatic rings. The molecule has 0 saturated carbocycles. The number of thiophene rings is 1. The summed E-state index contributed by atoms with van der Waals surface area (Å²) in [5, 5.41) is 16.0. The van der Waals surface area contributed by atoms with E-state index >= 15 is 0 Å². The minimum absolute atomic E-state index is 0.0589. The molecule has 0 aliphatic rings. The Morgan fingerprint density at radius 2 is 2.29 bits per heavy atom. The summed E-state index contributed by atoms with van der Waals surface area (Å²) in [7, 11) is 0. The number of rotatable bonds is 3. The lowest BCUT2D eigenvalue weighted by Crippen LogP contribution is -2.26. The van der Waals surface area contributed by atoms with Crippen molar-refractivity contribution in [1.29, 1.82) is 0 Å². The zero-order chi connectivity index (χ0) is 15.2. The lowest BCUT2D eigenvalue weighted by molar-refractivity contribution is 0.0940. The molecule has 108 valence electrons. The third-order valence-corrected chi connectivity index (χ3v) is 3.94. The van der Waals surface area contributed by atoms with Crippen LogP contribution < -0.4 is 5.32 Å². The number of amides is 1. The van der Waals surface area contributed by atoms with Crippen LogP contribution in [0.3, 0.4) is 0 Å². The summed E-state index contributed by atoms with van der Waals surface area (Å²) in [5.41, 5.74) is 2.15. The van der Waals surface area contributed by atoms with Crippen molar-refractivity contribution in [3.63, 3.8) is 0 Å². The molecule has 1 atom stereocenters. The molecule has 3 nitrogen and oxygen atoms in total. The standard InChI is InChI=1S/C16H14ClNO2S/c1-11(14-6-8-21-10-14)18-16(20)13-5-4-12(3-2-7-19)15(17)9-13/h4-6,8-11,19H,7H2,1H3,(H,18,20). The number of benzene rings is 1. The Hall–Kier alpha value is -1.80. The number of aliphatic hydroxyl groups is 1. The third-order valence-electron chi connectivity index (χ3n) is 2.92. The second-order valence-electron chi connectivity index (χ2n) is 4.41. The van der Waals surface area contributed by atoms with Gasteiger partial charge in [0.2, 0.25) is 0 Å². The molecule has 1 aromatic carbocycles. The molecule has 0 saturated heterocycles. The van der Waals surface area contributed by atoms with Gasteiger partial charge >= 0.3 is 0 Å². The number of carbonyl (C=O) groups is 1. The fourth-order valence-electron chi connectivity index (χ4n) is 1.78. The molecule has 1 amide bonds. The van der Waals surface area contributed by atoms with Gasteiger partial charge < -0.3 is 10.4 Å². The van der Waals surface area contributed by atoms with Crippen LogP contribution in [-0.2, 0) is 0 Å². The van der Waals surface area contributed by atoms with Crippen molar-refractivity contribution in [3.05, 3.63) is 56.7 Å². The van der Waals surface area contributed by atoms with Crippen molar-refractivity contribution >= 4 is 28.8 Å². The fraction of sp³-hybridized carbons (Fsp3) is 0.188. The van der Waals surface area contributed by atoms with E-state index in [1.165, 1.54) is 0 Å². The molecule has 1 unspecified atom stereocenters. The predicted octanol–water partition coefficient (Wildman–Crippen LogP) is 3.24. The van der Waals surface area contributed by atoms with Gasteiger partial charge in [0.1, 0.15) is 6.61 Å². The van der Waals surface area contributed by atoms with Crippen molar-refractivity contribution in [3.8, 4) is 11.8 Å². The lowest BCUT2D eigenvalue weighted by atomic mass is 10.1.